The molecule has 4 heteroatoms. The molecule has 1 heterocycles. The Bertz CT molecular complexity index is 337. The molecule has 1 fully saturated rings. The molecule has 1 saturated carbocycles. The monoisotopic (exact) mass is 208 g/mol. The van der Waals surface area contributed by atoms with Crippen LogP contribution in [0.2, 0.25) is 0 Å². The number of rotatable bonds is 5. The van der Waals surface area contributed by atoms with E-state index < -0.39 is 0 Å². The number of aliphatic hydroxyl groups is 1. The Hall–Kier alpha value is -1.29. The highest BCUT2D eigenvalue weighted by Gasteiger charge is 2.41. The van der Waals surface area contributed by atoms with Crippen molar-refractivity contribution in [3.05, 3.63) is 18.3 Å². The highest BCUT2D eigenvalue weighted by atomic mass is 16.5. The van der Waals surface area contributed by atoms with E-state index in [-0.39, 0.29) is 12.0 Å². The summed E-state index contributed by atoms with van der Waals surface area (Å²) >= 11 is 0. The lowest BCUT2D eigenvalue weighted by molar-refractivity contribution is 0.220. The van der Waals surface area contributed by atoms with Crippen molar-refractivity contribution in [3.63, 3.8) is 0 Å². The fourth-order valence-corrected chi connectivity index (χ4v) is 1.49. The predicted molar refractivity (Wildman–Crippen MR) is 58.0 cm³/mol. The third-order valence-electron chi connectivity index (χ3n) is 2.90. The van der Waals surface area contributed by atoms with Gasteiger partial charge >= 0.3 is 0 Å². The molecule has 1 aliphatic carbocycles. The number of hydrogen-bond acceptors (Lipinski definition) is 4. The molecule has 0 aromatic carbocycles. The van der Waals surface area contributed by atoms with E-state index in [4.69, 9.17) is 9.84 Å². The van der Waals surface area contributed by atoms with E-state index >= 15 is 0 Å². The Morgan fingerprint density at radius 1 is 1.60 bits per heavy atom. The molecule has 2 N–H and O–H groups in total. The smallest absolute Gasteiger partial charge is 0.214 e. The second kappa shape index (κ2) is 4.06. The van der Waals surface area contributed by atoms with Gasteiger partial charge in [0.25, 0.3) is 0 Å². The van der Waals surface area contributed by atoms with Gasteiger partial charge in [0.1, 0.15) is 0 Å². The highest BCUT2D eigenvalue weighted by Crippen LogP contribution is 2.44. The van der Waals surface area contributed by atoms with Gasteiger partial charge in [0.05, 0.1) is 13.7 Å². The summed E-state index contributed by atoms with van der Waals surface area (Å²) in [6.45, 7) is 1.08. The number of pyridine rings is 1. The highest BCUT2D eigenvalue weighted by molar-refractivity contribution is 5.45. The Balaban J connectivity index is 1.93. The maximum absolute atomic E-state index is 9.16. The molecule has 0 aliphatic heterocycles. The van der Waals surface area contributed by atoms with Crippen LogP contribution >= 0.6 is 0 Å². The minimum Gasteiger partial charge on any atom is -0.481 e. The minimum atomic E-state index is 0.122. The summed E-state index contributed by atoms with van der Waals surface area (Å²) in [7, 11) is 1.60. The zero-order valence-electron chi connectivity index (χ0n) is 8.86. The lowest BCUT2D eigenvalue weighted by Crippen LogP contribution is -2.18. The quantitative estimate of drug-likeness (QED) is 0.765. The Labute approximate surface area is 89.3 Å². The van der Waals surface area contributed by atoms with E-state index in [2.05, 4.69) is 10.3 Å². The third kappa shape index (κ3) is 2.39. The van der Waals surface area contributed by atoms with E-state index in [9.17, 15) is 0 Å². The number of nitrogens with zero attached hydrogens (tertiary/aromatic N) is 1. The normalized spacial score (nSPS) is 17.2. The second-order valence-corrected chi connectivity index (χ2v) is 4.10. The number of anilines is 1. The molecule has 2 rings (SSSR count). The second-order valence-electron chi connectivity index (χ2n) is 4.10. The zero-order chi connectivity index (χ0) is 10.7. The SMILES string of the molecule is COc1cc(NCC2(CO)CC2)ccn1. The molecule has 0 radical (unpaired) electrons. The minimum absolute atomic E-state index is 0.122. The van der Waals surface area contributed by atoms with E-state index in [0.29, 0.717) is 5.88 Å². The Morgan fingerprint density at radius 3 is 3.00 bits per heavy atom. The molecule has 82 valence electrons. The predicted octanol–water partition coefficient (Wildman–Crippen LogP) is 1.27. The summed E-state index contributed by atoms with van der Waals surface area (Å²) < 4.78 is 5.03. The van der Waals surface area contributed by atoms with E-state index in [0.717, 1.165) is 25.1 Å². The number of ether oxygens (including phenoxy) is 1. The van der Waals surface area contributed by atoms with Crippen LogP contribution in [0.3, 0.4) is 0 Å². The summed E-state index contributed by atoms with van der Waals surface area (Å²) in [4.78, 5) is 4.03. The summed E-state index contributed by atoms with van der Waals surface area (Å²) in [6.07, 6.45) is 3.93. The standard InChI is InChI=1S/C11H16N2O2/c1-15-10-6-9(2-5-12-10)13-7-11(8-14)3-4-11/h2,5-6,14H,3-4,7-8H2,1H3,(H,12,13). The average Bonchev–Trinajstić information content (AvgIpc) is 3.07. The first kappa shape index (κ1) is 10.2. The van der Waals surface area contributed by atoms with Gasteiger partial charge < -0.3 is 15.2 Å². The molecular formula is C11H16N2O2. The van der Waals surface area contributed by atoms with E-state index in [1.54, 1.807) is 13.3 Å². The van der Waals surface area contributed by atoms with E-state index in [1.807, 2.05) is 12.1 Å². The van der Waals surface area contributed by atoms with Crippen molar-refractivity contribution in [2.75, 3.05) is 25.6 Å². The van der Waals surface area contributed by atoms with E-state index in [1.165, 1.54) is 0 Å². The molecule has 4 nitrogen and oxygen atoms in total. The molecule has 0 bridgehead atoms. The topological polar surface area (TPSA) is 54.4 Å². The van der Waals surface area contributed by atoms with Crippen LogP contribution in [0.25, 0.3) is 0 Å². The Kier molecular flexibility index (Phi) is 2.77. The summed E-state index contributed by atoms with van der Waals surface area (Å²) in [5, 5.41) is 12.5. The van der Waals surface area contributed by atoms with Crippen LogP contribution in [0.1, 0.15) is 12.8 Å². The van der Waals surface area contributed by atoms with Gasteiger partial charge in [-0.05, 0) is 18.9 Å². The lowest BCUT2D eigenvalue weighted by Gasteiger charge is -2.13. The van der Waals surface area contributed by atoms with Gasteiger partial charge in [-0.2, -0.15) is 0 Å². The maximum atomic E-state index is 9.16. The molecule has 1 aliphatic rings. The molecule has 0 atom stereocenters. The molecule has 0 unspecified atom stereocenters. The van der Waals surface area contributed by atoms with Crippen molar-refractivity contribution < 1.29 is 9.84 Å². The van der Waals surface area contributed by atoms with Crippen molar-refractivity contribution >= 4 is 5.69 Å². The van der Waals surface area contributed by atoms with Gasteiger partial charge in [-0.15, -0.1) is 0 Å². The molecular weight excluding hydrogens is 192 g/mol. The third-order valence-corrected chi connectivity index (χ3v) is 2.90. The van der Waals surface area contributed by atoms with Crippen molar-refractivity contribution in [2.45, 2.75) is 12.8 Å². The van der Waals surface area contributed by atoms with Gasteiger partial charge in [-0.1, -0.05) is 0 Å². The molecule has 15 heavy (non-hydrogen) atoms. The molecule has 0 amide bonds. The number of methoxy groups -OCH3 is 1. The number of nitrogens with one attached hydrogen (secondary N) is 1. The van der Waals surface area contributed by atoms with Crippen LogP contribution < -0.4 is 10.1 Å². The number of aliphatic hydroxyl groups excluding tert-OH is 1. The van der Waals surface area contributed by atoms with Crippen LogP contribution in [0.4, 0.5) is 5.69 Å². The Morgan fingerprint density at radius 2 is 2.40 bits per heavy atom. The maximum Gasteiger partial charge on any atom is 0.214 e. The first-order chi connectivity index (χ1) is 7.28. The van der Waals surface area contributed by atoms with Crippen molar-refractivity contribution in [1.29, 1.82) is 0 Å². The largest absolute Gasteiger partial charge is 0.481 e. The summed E-state index contributed by atoms with van der Waals surface area (Å²) in [6, 6.07) is 3.75. The first-order valence-corrected chi connectivity index (χ1v) is 5.13. The fourth-order valence-electron chi connectivity index (χ4n) is 1.49. The van der Waals surface area contributed by atoms with Crippen LogP contribution in [0.15, 0.2) is 18.3 Å². The van der Waals surface area contributed by atoms with Crippen LogP contribution in [-0.2, 0) is 0 Å². The molecule has 1 aromatic rings. The summed E-state index contributed by atoms with van der Waals surface area (Å²) in [5.74, 6) is 0.605. The average molecular weight is 208 g/mol. The van der Waals surface area contributed by atoms with Crippen molar-refractivity contribution in [2.24, 2.45) is 5.41 Å². The van der Waals surface area contributed by atoms with Crippen molar-refractivity contribution in [1.82, 2.24) is 4.98 Å². The molecule has 0 saturated heterocycles. The van der Waals surface area contributed by atoms with Gasteiger partial charge in [0.2, 0.25) is 5.88 Å². The van der Waals surface area contributed by atoms with Gasteiger partial charge in [-0.3, -0.25) is 0 Å². The molecule has 1 aromatic heterocycles. The number of aromatic nitrogens is 1. The zero-order valence-corrected chi connectivity index (χ0v) is 8.86. The van der Waals surface area contributed by atoms with Gasteiger partial charge in [0, 0.05) is 29.9 Å². The van der Waals surface area contributed by atoms with Crippen LogP contribution in [-0.4, -0.2) is 30.4 Å². The van der Waals surface area contributed by atoms with Crippen LogP contribution in [0, 0.1) is 5.41 Å². The lowest BCUT2D eigenvalue weighted by atomic mass is 10.1. The van der Waals surface area contributed by atoms with Crippen molar-refractivity contribution in [3.8, 4) is 5.88 Å². The summed E-state index contributed by atoms with van der Waals surface area (Å²) in [5.41, 5.74) is 1.11. The first-order valence-electron chi connectivity index (χ1n) is 5.13. The fraction of sp³-hybridized carbons (Fsp3) is 0.545. The van der Waals surface area contributed by atoms with Gasteiger partial charge in [0.15, 0.2) is 0 Å². The van der Waals surface area contributed by atoms with Gasteiger partial charge in [-0.25, -0.2) is 4.98 Å². The van der Waals surface area contributed by atoms with Crippen LogP contribution in [0.5, 0.6) is 5.88 Å². The molecule has 0 spiro atoms. The number of hydrogen-bond donors (Lipinski definition) is 2.